The Balaban J connectivity index is 1.85. The van der Waals surface area contributed by atoms with Crippen molar-refractivity contribution in [1.82, 2.24) is 14.9 Å². The molecule has 5 nitrogen and oxygen atoms in total. The molecule has 0 bridgehead atoms. The van der Waals surface area contributed by atoms with Crippen molar-refractivity contribution >= 4 is 17.9 Å². The second-order valence-corrected chi connectivity index (χ2v) is 6.75. The van der Waals surface area contributed by atoms with Gasteiger partial charge in [-0.3, -0.25) is 0 Å². The minimum Gasteiger partial charge on any atom is -0.444 e. The maximum atomic E-state index is 11.9. The van der Waals surface area contributed by atoms with E-state index in [9.17, 15) is 4.79 Å². The van der Waals surface area contributed by atoms with E-state index in [0.29, 0.717) is 11.8 Å². The number of likely N-dealkylation sites (tertiary alicyclic amines) is 1. The SMILES string of the molecule is CC(C)(C)OC(=O)N1CC[C@@H](Sc2ncccn2)C1. The van der Waals surface area contributed by atoms with Gasteiger partial charge in [-0.05, 0) is 33.3 Å². The van der Waals surface area contributed by atoms with E-state index < -0.39 is 5.60 Å². The van der Waals surface area contributed by atoms with Gasteiger partial charge >= 0.3 is 6.09 Å². The van der Waals surface area contributed by atoms with Gasteiger partial charge in [0.2, 0.25) is 0 Å². The van der Waals surface area contributed by atoms with Crippen LogP contribution in [0.5, 0.6) is 0 Å². The molecular formula is C13H19N3O2S. The zero-order chi connectivity index (χ0) is 13.9. The summed E-state index contributed by atoms with van der Waals surface area (Å²) < 4.78 is 5.37. The molecule has 6 heteroatoms. The standard InChI is InChI=1S/C13H19N3O2S/c1-13(2,3)18-12(17)16-8-5-10(9-16)19-11-14-6-4-7-15-11/h4,6-7,10H,5,8-9H2,1-3H3/t10-/m1/s1. The van der Waals surface area contributed by atoms with E-state index in [1.807, 2.05) is 20.8 Å². The third-order valence-corrected chi connectivity index (χ3v) is 3.75. The zero-order valence-electron chi connectivity index (χ0n) is 11.5. The van der Waals surface area contributed by atoms with Gasteiger partial charge in [0.25, 0.3) is 0 Å². The van der Waals surface area contributed by atoms with Crippen molar-refractivity contribution in [3.05, 3.63) is 18.5 Å². The summed E-state index contributed by atoms with van der Waals surface area (Å²) in [5.74, 6) is 0. The second-order valence-electron chi connectivity index (χ2n) is 5.49. The smallest absolute Gasteiger partial charge is 0.410 e. The third-order valence-electron chi connectivity index (χ3n) is 2.61. The molecule has 1 saturated heterocycles. The molecule has 0 aromatic carbocycles. The average molecular weight is 281 g/mol. The van der Waals surface area contributed by atoms with Crippen LogP contribution in [0.2, 0.25) is 0 Å². The number of nitrogens with zero attached hydrogens (tertiary/aromatic N) is 3. The molecule has 1 atom stereocenters. The Labute approximate surface area is 117 Å². The van der Waals surface area contributed by atoms with Crippen LogP contribution in [0.1, 0.15) is 27.2 Å². The summed E-state index contributed by atoms with van der Waals surface area (Å²) in [6.45, 7) is 7.07. The monoisotopic (exact) mass is 281 g/mol. The summed E-state index contributed by atoms with van der Waals surface area (Å²) in [5.41, 5.74) is -0.440. The molecule has 1 aromatic rings. The summed E-state index contributed by atoms with van der Waals surface area (Å²) in [4.78, 5) is 22.1. The van der Waals surface area contributed by atoms with Gasteiger partial charge in [0.05, 0.1) is 0 Å². The molecule has 0 radical (unpaired) electrons. The maximum Gasteiger partial charge on any atom is 0.410 e. The summed E-state index contributed by atoms with van der Waals surface area (Å²) >= 11 is 1.62. The largest absolute Gasteiger partial charge is 0.444 e. The molecule has 19 heavy (non-hydrogen) atoms. The van der Waals surface area contributed by atoms with Gasteiger partial charge in [-0.2, -0.15) is 0 Å². The fourth-order valence-corrected chi connectivity index (χ4v) is 2.83. The molecule has 1 aromatic heterocycles. The molecule has 0 N–H and O–H groups in total. The quantitative estimate of drug-likeness (QED) is 0.780. The van der Waals surface area contributed by atoms with Crippen LogP contribution in [-0.2, 0) is 4.74 Å². The first kappa shape index (κ1) is 14.1. The first-order valence-corrected chi connectivity index (χ1v) is 7.23. The van der Waals surface area contributed by atoms with E-state index >= 15 is 0 Å². The van der Waals surface area contributed by atoms with E-state index in [-0.39, 0.29) is 6.09 Å². The first-order valence-electron chi connectivity index (χ1n) is 6.36. The van der Waals surface area contributed by atoms with Crippen LogP contribution in [0.15, 0.2) is 23.6 Å². The molecule has 0 unspecified atom stereocenters. The van der Waals surface area contributed by atoms with Crippen LogP contribution in [-0.4, -0.2) is 44.9 Å². The molecule has 0 aliphatic carbocycles. The lowest BCUT2D eigenvalue weighted by atomic mass is 10.2. The normalized spacial score (nSPS) is 19.5. The van der Waals surface area contributed by atoms with Crippen LogP contribution >= 0.6 is 11.8 Å². The number of hydrogen-bond acceptors (Lipinski definition) is 5. The summed E-state index contributed by atoms with van der Waals surface area (Å²) in [5, 5.41) is 1.11. The summed E-state index contributed by atoms with van der Waals surface area (Å²) in [7, 11) is 0. The van der Waals surface area contributed by atoms with Crippen molar-refractivity contribution < 1.29 is 9.53 Å². The van der Waals surface area contributed by atoms with Crippen LogP contribution in [0, 0.1) is 0 Å². The minimum atomic E-state index is -0.440. The number of aromatic nitrogens is 2. The molecule has 0 saturated carbocycles. The van der Waals surface area contributed by atoms with Gasteiger partial charge in [0.1, 0.15) is 5.60 Å². The molecule has 0 spiro atoms. The lowest BCUT2D eigenvalue weighted by Gasteiger charge is -2.24. The number of rotatable bonds is 2. The van der Waals surface area contributed by atoms with Gasteiger partial charge in [0.15, 0.2) is 5.16 Å². The molecule has 2 rings (SSSR count). The minimum absolute atomic E-state index is 0.232. The highest BCUT2D eigenvalue weighted by Crippen LogP contribution is 2.27. The van der Waals surface area contributed by atoms with Crippen molar-refractivity contribution in [3.8, 4) is 0 Å². The van der Waals surface area contributed by atoms with Crippen LogP contribution in [0.4, 0.5) is 4.79 Å². The number of hydrogen-bond donors (Lipinski definition) is 0. The van der Waals surface area contributed by atoms with E-state index in [2.05, 4.69) is 9.97 Å². The predicted octanol–water partition coefficient (Wildman–Crippen LogP) is 2.58. The molecule has 104 valence electrons. The maximum absolute atomic E-state index is 11.9. The van der Waals surface area contributed by atoms with Crippen molar-refractivity contribution in [2.24, 2.45) is 0 Å². The summed E-state index contributed by atoms with van der Waals surface area (Å²) in [6, 6.07) is 1.80. The number of ether oxygens (including phenoxy) is 1. The van der Waals surface area contributed by atoms with Crippen molar-refractivity contribution in [2.45, 2.75) is 43.2 Å². The molecular weight excluding hydrogens is 262 g/mol. The number of carbonyl (C=O) groups excluding carboxylic acids is 1. The van der Waals surface area contributed by atoms with Crippen LogP contribution < -0.4 is 0 Å². The van der Waals surface area contributed by atoms with Crippen molar-refractivity contribution in [2.75, 3.05) is 13.1 Å². The van der Waals surface area contributed by atoms with E-state index in [0.717, 1.165) is 18.1 Å². The average Bonchev–Trinajstić information content (AvgIpc) is 2.77. The highest BCUT2D eigenvalue weighted by molar-refractivity contribution is 7.99. The Bertz CT molecular complexity index is 433. The number of amides is 1. The Morgan fingerprint density at radius 3 is 2.74 bits per heavy atom. The van der Waals surface area contributed by atoms with E-state index in [1.54, 1.807) is 35.1 Å². The highest BCUT2D eigenvalue weighted by atomic mass is 32.2. The summed E-state index contributed by atoms with van der Waals surface area (Å²) in [6.07, 6.45) is 4.18. The first-order chi connectivity index (χ1) is 8.94. The Hall–Kier alpha value is -1.30. The predicted molar refractivity (Wildman–Crippen MR) is 74.1 cm³/mol. The lowest BCUT2D eigenvalue weighted by molar-refractivity contribution is 0.0295. The molecule has 1 fully saturated rings. The van der Waals surface area contributed by atoms with Crippen LogP contribution in [0.3, 0.4) is 0 Å². The van der Waals surface area contributed by atoms with E-state index in [4.69, 9.17) is 4.74 Å². The van der Waals surface area contributed by atoms with Gasteiger partial charge in [0, 0.05) is 30.7 Å². The molecule has 2 heterocycles. The number of thioether (sulfide) groups is 1. The number of carbonyl (C=O) groups is 1. The molecule has 1 amide bonds. The molecule has 1 aliphatic heterocycles. The second kappa shape index (κ2) is 5.77. The van der Waals surface area contributed by atoms with Crippen molar-refractivity contribution in [1.29, 1.82) is 0 Å². The highest BCUT2D eigenvalue weighted by Gasteiger charge is 2.30. The Morgan fingerprint density at radius 2 is 2.11 bits per heavy atom. The lowest BCUT2D eigenvalue weighted by Crippen LogP contribution is -2.35. The van der Waals surface area contributed by atoms with Gasteiger partial charge < -0.3 is 9.64 Å². The Morgan fingerprint density at radius 1 is 1.42 bits per heavy atom. The van der Waals surface area contributed by atoms with Gasteiger partial charge in [-0.1, -0.05) is 11.8 Å². The van der Waals surface area contributed by atoms with Gasteiger partial charge in [-0.25, -0.2) is 14.8 Å². The van der Waals surface area contributed by atoms with Crippen LogP contribution in [0.25, 0.3) is 0 Å². The third kappa shape index (κ3) is 4.38. The Kier molecular flexibility index (Phi) is 4.29. The van der Waals surface area contributed by atoms with Gasteiger partial charge in [-0.15, -0.1) is 0 Å². The fourth-order valence-electron chi connectivity index (χ4n) is 1.81. The fraction of sp³-hybridized carbons (Fsp3) is 0.615. The van der Waals surface area contributed by atoms with Crippen molar-refractivity contribution in [3.63, 3.8) is 0 Å². The van der Waals surface area contributed by atoms with E-state index in [1.165, 1.54) is 0 Å². The molecule has 1 aliphatic rings. The zero-order valence-corrected chi connectivity index (χ0v) is 12.3. The topological polar surface area (TPSA) is 55.3 Å².